The molecule has 2 aromatic heterocycles. The summed E-state index contributed by atoms with van der Waals surface area (Å²) < 4.78 is 0. The fraction of sp³-hybridized carbons (Fsp3) is 0.103. The Morgan fingerprint density at radius 2 is 1.65 bits per heavy atom. The van der Waals surface area contributed by atoms with Crippen LogP contribution >= 0.6 is 11.3 Å². The standard InChI is InChI=1S/C29H25N3OS/c1-3-19-9-7-8-12-23(19)31-28(33)27-26(30)25-22(20-10-5-4-6-11-20)17-24(32-29(25)34-27)21-15-13-18(2)14-16-21/h4-17H,3,30H2,1-2H3,(H,31,33). The zero-order chi connectivity index (χ0) is 23.7. The number of pyridine rings is 1. The molecule has 0 saturated heterocycles. The molecule has 0 atom stereocenters. The number of para-hydroxylation sites is 1. The number of hydrogen-bond acceptors (Lipinski definition) is 4. The third kappa shape index (κ3) is 4.06. The first-order valence-electron chi connectivity index (χ1n) is 11.3. The molecule has 4 nitrogen and oxygen atoms in total. The van der Waals surface area contributed by atoms with Crippen molar-refractivity contribution in [1.82, 2.24) is 4.98 Å². The minimum absolute atomic E-state index is 0.211. The van der Waals surface area contributed by atoms with Crippen molar-refractivity contribution in [2.75, 3.05) is 11.1 Å². The van der Waals surface area contributed by atoms with E-state index < -0.39 is 0 Å². The molecule has 5 rings (SSSR count). The van der Waals surface area contributed by atoms with Gasteiger partial charge in [-0.2, -0.15) is 0 Å². The summed E-state index contributed by atoms with van der Waals surface area (Å²) in [5, 5.41) is 3.88. The number of aromatic nitrogens is 1. The fourth-order valence-corrected chi connectivity index (χ4v) is 5.15. The van der Waals surface area contributed by atoms with Crippen LogP contribution in [0.15, 0.2) is 84.9 Å². The van der Waals surface area contributed by atoms with Crippen LogP contribution in [0.5, 0.6) is 0 Å². The maximum atomic E-state index is 13.3. The lowest BCUT2D eigenvalue weighted by atomic mass is 9.99. The normalized spacial score (nSPS) is 11.0. The molecule has 0 bridgehead atoms. The van der Waals surface area contributed by atoms with Crippen molar-refractivity contribution in [2.24, 2.45) is 0 Å². The van der Waals surface area contributed by atoms with Gasteiger partial charge in [-0.15, -0.1) is 11.3 Å². The van der Waals surface area contributed by atoms with Crippen LogP contribution in [0.1, 0.15) is 27.7 Å². The molecule has 0 spiro atoms. The third-order valence-electron chi connectivity index (χ3n) is 5.98. The number of rotatable bonds is 5. The number of nitrogens with two attached hydrogens (primary N) is 1. The lowest BCUT2D eigenvalue weighted by Gasteiger charge is -2.10. The van der Waals surface area contributed by atoms with E-state index in [4.69, 9.17) is 10.7 Å². The van der Waals surface area contributed by atoms with Crippen LogP contribution < -0.4 is 11.1 Å². The SMILES string of the molecule is CCc1ccccc1NC(=O)c1sc2nc(-c3ccc(C)cc3)cc(-c3ccccc3)c2c1N. The Morgan fingerprint density at radius 3 is 2.38 bits per heavy atom. The van der Waals surface area contributed by atoms with Gasteiger partial charge >= 0.3 is 0 Å². The molecule has 3 N–H and O–H groups in total. The number of carbonyl (C=O) groups is 1. The first kappa shape index (κ1) is 21.9. The minimum Gasteiger partial charge on any atom is -0.397 e. The molecule has 168 valence electrons. The summed E-state index contributed by atoms with van der Waals surface area (Å²) in [6, 6.07) is 28.3. The summed E-state index contributed by atoms with van der Waals surface area (Å²) in [4.78, 5) is 19.5. The Balaban J connectivity index is 1.66. The predicted octanol–water partition coefficient (Wildman–Crippen LogP) is 7.34. The van der Waals surface area contributed by atoms with E-state index in [0.717, 1.165) is 50.3 Å². The van der Waals surface area contributed by atoms with E-state index in [9.17, 15) is 4.79 Å². The molecular weight excluding hydrogens is 438 g/mol. The molecule has 0 fully saturated rings. The molecule has 0 aliphatic rings. The number of fused-ring (bicyclic) bond motifs is 1. The first-order chi connectivity index (χ1) is 16.5. The van der Waals surface area contributed by atoms with Gasteiger partial charge in [-0.1, -0.05) is 85.3 Å². The fourth-order valence-electron chi connectivity index (χ4n) is 4.14. The van der Waals surface area contributed by atoms with Crippen LogP contribution in [0, 0.1) is 6.92 Å². The average molecular weight is 464 g/mol. The molecule has 5 heteroatoms. The Morgan fingerprint density at radius 1 is 0.941 bits per heavy atom. The van der Waals surface area contributed by atoms with E-state index in [1.807, 2.05) is 42.5 Å². The molecule has 3 aromatic carbocycles. The average Bonchev–Trinajstić information content (AvgIpc) is 3.21. The number of nitrogens with one attached hydrogen (secondary N) is 1. The third-order valence-corrected chi connectivity index (χ3v) is 7.08. The predicted molar refractivity (Wildman–Crippen MR) is 143 cm³/mol. The van der Waals surface area contributed by atoms with Crippen molar-refractivity contribution in [1.29, 1.82) is 0 Å². The van der Waals surface area contributed by atoms with Crippen LogP contribution in [-0.2, 0) is 6.42 Å². The number of anilines is 2. The van der Waals surface area contributed by atoms with Gasteiger partial charge in [0, 0.05) is 16.6 Å². The highest BCUT2D eigenvalue weighted by Gasteiger charge is 2.22. The van der Waals surface area contributed by atoms with Gasteiger partial charge in [-0.25, -0.2) is 4.98 Å². The van der Waals surface area contributed by atoms with Gasteiger partial charge < -0.3 is 11.1 Å². The number of benzene rings is 3. The van der Waals surface area contributed by atoms with Gasteiger partial charge in [0.2, 0.25) is 0 Å². The number of hydrogen-bond donors (Lipinski definition) is 2. The van der Waals surface area contributed by atoms with Crippen molar-refractivity contribution in [2.45, 2.75) is 20.3 Å². The zero-order valence-corrected chi connectivity index (χ0v) is 19.9. The number of nitrogens with zero attached hydrogens (tertiary/aromatic N) is 1. The van der Waals surface area contributed by atoms with Crippen molar-refractivity contribution >= 4 is 38.8 Å². The highest BCUT2D eigenvalue weighted by atomic mass is 32.1. The Bertz CT molecular complexity index is 1490. The molecule has 0 aliphatic carbocycles. The maximum Gasteiger partial charge on any atom is 0.267 e. The monoisotopic (exact) mass is 463 g/mol. The van der Waals surface area contributed by atoms with Gasteiger partial charge in [-0.05, 0) is 42.2 Å². The van der Waals surface area contributed by atoms with Crippen molar-refractivity contribution in [3.63, 3.8) is 0 Å². The number of nitrogen functional groups attached to an aromatic ring is 1. The highest BCUT2D eigenvalue weighted by molar-refractivity contribution is 7.21. The molecule has 0 saturated carbocycles. The largest absolute Gasteiger partial charge is 0.397 e. The van der Waals surface area contributed by atoms with Gasteiger partial charge in [-0.3, -0.25) is 4.79 Å². The van der Waals surface area contributed by atoms with E-state index in [1.165, 1.54) is 16.9 Å². The van der Waals surface area contributed by atoms with Crippen LogP contribution in [-0.4, -0.2) is 10.9 Å². The molecular formula is C29H25N3OS. The lowest BCUT2D eigenvalue weighted by molar-refractivity contribution is 0.103. The van der Waals surface area contributed by atoms with Crippen LogP contribution in [0.2, 0.25) is 0 Å². The molecule has 0 unspecified atom stereocenters. The van der Waals surface area contributed by atoms with E-state index >= 15 is 0 Å². The summed E-state index contributed by atoms with van der Waals surface area (Å²) >= 11 is 1.34. The summed E-state index contributed by atoms with van der Waals surface area (Å²) in [6.07, 6.45) is 0.831. The van der Waals surface area contributed by atoms with Gasteiger partial charge in [0.05, 0.1) is 11.4 Å². The van der Waals surface area contributed by atoms with Crippen LogP contribution in [0.4, 0.5) is 11.4 Å². The number of thiophene rings is 1. The second-order valence-corrected chi connectivity index (χ2v) is 9.28. The summed E-state index contributed by atoms with van der Waals surface area (Å²) in [7, 11) is 0. The molecule has 2 heterocycles. The molecule has 0 radical (unpaired) electrons. The van der Waals surface area contributed by atoms with E-state index in [1.54, 1.807) is 0 Å². The summed E-state index contributed by atoms with van der Waals surface area (Å²) in [5.41, 5.74) is 14.1. The smallest absolute Gasteiger partial charge is 0.267 e. The molecule has 1 amide bonds. The van der Waals surface area contributed by atoms with E-state index in [2.05, 4.69) is 61.6 Å². The quantitative estimate of drug-likeness (QED) is 0.287. The topological polar surface area (TPSA) is 68.0 Å². The van der Waals surface area contributed by atoms with E-state index in [0.29, 0.717) is 10.6 Å². The molecule has 0 aliphatic heterocycles. The maximum absolute atomic E-state index is 13.3. The Labute approximate surface area is 203 Å². The Kier molecular flexibility index (Phi) is 5.86. The zero-order valence-electron chi connectivity index (χ0n) is 19.1. The molecule has 5 aromatic rings. The second kappa shape index (κ2) is 9.12. The Hall–Kier alpha value is -3.96. The van der Waals surface area contributed by atoms with E-state index in [-0.39, 0.29) is 5.91 Å². The summed E-state index contributed by atoms with van der Waals surface area (Å²) in [6.45, 7) is 4.14. The molecule has 34 heavy (non-hydrogen) atoms. The highest BCUT2D eigenvalue weighted by Crippen LogP contribution is 2.41. The van der Waals surface area contributed by atoms with Crippen molar-refractivity contribution in [3.05, 3.63) is 101 Å². The summed E-state index contributed by atoms with van der Waals surface area (Å²) in [5.74, 6) is -0.211. The number of aryl methyl sites for hydroxylation is 2. The van der Waals surface area contributed by atoms with Gasteiger partial charge in [0.25, 0.3) is 5.91 Å². The lowest BCUT2D eigenvalue weighted by Crippen LogP contribution is -2.13. The van der Waals surface area contributed by atoms with Crippen molar-refractivity contribution < 1.29 is 4.79 Å². The van der Waals surface area contributed by atoms with Gasteiger partial charge in [0.1, 0.15) is 9.71 Å². The second-order valence-electron chi connectivity index (χ2n) is 8.28. The van der Waals surface area contributed by atoms with Crippen LogP contribution in [0.25, 0.3) is 32.6 Å². The first-order valence-corrected chi connectivity index (χ1v) is 12.1. The van der Waals surface area contributed by atoms with Gasteiger partial charge in [0.15, 0.2) is 0 Å². The number of amides is 1. The van der Waals surface area contributed by atoms with Crippen LogP contribution in [0.3, 0.4) is 0 Å². The number of carbonyl (C=O) groups excluding carboxylic acids is 1. The van der Waals surface area contributed by atoms with Crippen molar-refractivity contribution in [3.8, 4) is 22.4 Å². The minimum atomic E-state index is -0.211.